The van der Waals surface area contributed by atoms with Gasteiger partial charge in [0.2, 0.25) is 5.91 Å². The first-order valence-corrected chi connectivity index (χ1v) is 6.58. The van der Waals surface area contributed by atoms with Crippen LogP contribution in [0.4, 0.5) is 0 Å². The molecule has 4 nitrogen and oxygen atoms in total. The number of nitrogens with one attached hydrogen (secondary N) is 1. The average Bonchev–Trinajstić information content (AvgIpc) is 2.88. The van der Waals surface area contributed by atoms with Crippen molar-refractivity contribution >= 4 is 17.2 Å². The topological polar surface area (TPSA) is 51.1 Å². The molecule has 0 aromatic carbocycles. The summed E-state index contributed by atoms with van der Waals surface area (Å²) in [7, 11) is 0. The first-order valence-electron chi connectivity index (χ1n) is 5.70. The number of aryl methyl sites for hydroxylation is 1. The van der Waals surface area contributed by atoms with Gasteiger partial charge in [0.15, 0.2) is 0 Å². The molecule has 0 spiro atoms. The number of rotatable bonds is 5. The summed E-state index contributed by atoms with van der Waals surface area (Å²) < 4.78 is 1.53. The summed E-state index contributed by atoms with van der Waals surface area (Å²) in [6.07, 6.45) is 2.00. The monoisotopic (exact) mass is 262 g/mol. The molecule has 2 aromatic rings. The maximum absolute atomic E-state index is 11.6. The van der Waals surface area contributed by atoms with E-state index in [2.05, 4.69) is 5.32 Å². The minimum Gasteiger partial charge on any atom is -0.351 e. The molecule has 0 aliphatic rings. The summed E-state index contributed by atoms with van der Waals surface area (Å²) in [5.41, 5.74) is -0.0800. The van der Waals surface area contributed by atoms with Gasteiger partial charge in [-0.15, -0.1) is 11.3 Å². The van der Waals surface area contributed by atoms with Crippen LogP contribution in [0.1, 0.15) is 11.3 Å². The Morgan fingerprint density at radius 3 is 2.89 bits per heavy atom. The normalized spacial score (nSPS) is 10.2. The summed E-state index contributed by atoms with van der Waals surface area (Å²) in [6, 6.07) is 8.90. The van der Waals surface area contributed by atoms with E-state index in [0.717, 1.165) is 4.88 Å². The van der Waals surface area contributed by atoms with Crippen LogP contribution in [0.25, 0.3) is 0 Å². The highest BCUT2D eigenvalue weighted by Gasteiger charge is 2.03. The van der Waals surface area contributed by atoms with E-state index in [1.165, 1.54) is 10.6 Å². The van der Waals surface area contributed by atoms with Crippen molar-refractivity contribution in [2.75, 3.05) is 0 Å². The Balaban J connectivity index is 1.78. The SMILES string of the molecule is O=C(CCn1ccccc1=O)NCc1cccs1. The van der Waals surface area contributed by atoms with Crippen LogP contribution in [-0.4, -0.2) is 10.5 Å². The Labute approximate surface area is 109 Å². The lowest BCUT2D eigenvalue weighted by atomic mass is 10.3. The lowest BCUT2D eigenvalue weighted by Gasteiger charge is -2.05. The van der Waals surface area contributed by atoms with E-state index in [-0.39, 0.29) is 11.5 Å². The van der Waals surface area contributed by atoms with Crippen LogP contribution in [0.2, 0.25) is 0 Å². The zero-order valence-electron chi connectivity index (χ0n) is 9.83. The van der Waals surface area contributed by atoms with Gasteiger partial charge in [0, 0.05) is 30.1 Å². The molecule has 0 saturated carbocycles. The third kappa shape index (κ3) is 3.56. The van der Waals surface area contributed by atoms with Gasteiger partial charge in [0.1, 0.15) is 0 Å². The molecule has 5 heteroatoms. The maximum Gasteiger partial charge on any atom is 0.250 e. The van der Waals surface area contributed by atoms with E-state index < -0.39 is 0 Å². The molecule has 0 bridgehead atoms. The molecule has 0 fully saturated rings. The smallest absolute Gasteiger partial charge is 0.250 e. The van der Waals surface area contributed by atoms with Crippen molar-refractivity contribution in [1.82, 2.24) is 9.88 Å². The maximum atomic E-state index is 11.6. The van der Waals surface area contributed by atoms with Crippen LogP contribution in [0.15, 0.2) is 46.7 Å². The zero-order chi connectivity index (χ0) is 12.8. The second-order valence-electron chi connectivity index (χ2n) is 3.84. The Bertz CT molecular complexity index is 560. The van der Waals surface area contributed by atoms with E-state index >= 15 is 0 Å². The second-order valence-corrected chi connectivity index (χ2v) is 4.87. The van der Waals surface area contributed by atoms with Crippen molar-refractivity contribution in [3.05, 3.63) is 57.1 Å². The van der Waals surface area contributed by atoms with E-state index in [0.29, 0.717) is 19.5 Å². The largest absolute Gasteiger partial charge is 0.351 e. The summed E-state index contributed by atoms with van der Waals surface area (Å²) >= 11 is 1.61. The molecule has 2 heterocycles. The quantitative estimate of drug-likeness (QED) is 0.890. The van der Waals surface area contributed by atoms with E-state index in [1.807, 2.05) is 17.5 Å². The number of carbonyl (C=O) groups excluding carboxylic acids is 1. The first-order chi connectivity index (χ1) is 8.75. The number of hydrogen-bond donors (Lipinski definition) is 1. The van der Waals surface area contributed by atoms with Crippen molar-refractivity contribution in [3.63, 3.8) is 0 Å². The molecule has 0 aliphatic heterocycles. The summed E-state index contributed by atoms with van der Waals surface area (Å²) in [4.78, 5) is 24.1. The molecule has 0 radical (unpaired) electrons. The summed E-state index contributed by atoms with van der Waals surface area (Å²) in [5.74, 6) is -0.0425. The first kappa shape index (κ1) is 12.6. The molecule has 18 heavy (non-hydrogen) atoms. The lowest BCUT2D eigenvalue weighted by molar-refractivity contribution is -0.121. The number of aromatic nitrogens is 1. The van der Waals surface area contributed by atoms with E-state index in [4.69, 9.17) is 0 Å². The molecule has 1 amide bonds. The standard InChI is InChI=1S/C13H14N2O2S/c16-12(14-10-11-4-3-9-18-11)6-8-15-7-2-1-5-13(15)17/h1-5,7,9H,6,8,10H2,(H,14,16). The third-order valence-electron chi connectivity index (χ3n) is 2.52. The van der Waals surface area contributed by atoms with Gasteiger partial charge in [0.25, 0.3) is 5.56 Å². The molecule has 0 aliphatic carbocycles. The lowest BCUT2D eigenvalue weighted by Crippen LogP contribution is -2.26. The van der Waals surface area contributed by atoms with Crippen molar-refractivity contribution in [2.24, 2.45) is 0 Å². The van der Waals surface area contributed by atoms with Gasteiger partial charge in [-0.3, -0.25) is 9.59 Å². The fourth-order valence-electron chi connectivity index (χ4n) is 1.55. The predicted octanol–water partition coefficient (Wildman–Crippen LogP) is 1.62. The zero-order valence-corrected chi connectivity index (χ0v) is 10.7. The number of carbonyl (C=O) groups is 1. The number of thiophene rings is 1. The number of pyridine rings is 1. The molecule has 0 saturated heterocycles. The van der Waals surface area contributed by atoms with Crippen LogP contribution < -0.4 is 10.9 Å². The van der Waals surface area contributed by atoms with Crippen molar-refractivity contribution in [2.45, 2.75) is 19.5 Å². The Morgan fingerprint density at radius 2 is 2.17 bits per heavy atom. The summed E-state index contributed by atoms with van der Waals surface area (Å²) in [6.45, 7) is 0.968. The van der Waals surface area contributed by atoms with Gasteiger partial charge in [-0.05, 0) is 17.5 Å². The predicted molar refractivity (Wildman–Crippen MR) is 71.5 cm³/mol. The Morgan fingerprint density at radius 1 is 1.28 bits per heavy atom. The average molecular weight is 262 g/mol. The minimum absolute atomic E-state index is 0.0425. The molecular formula is C13H14N2O2S. The van der Waals surface area contributed by atoms with Crippen LogP contribution in [-0.2, 0) is 17.9 Å². The minimum atomic E-state index is -0.0800. The van der Waals surface area contributed by atoms with Crippen molar-refractivity contribution < 1.29 is 4.79 Å². The molecule has 0 unspecified atom stereocenters. The fraction of sp³-hybridized carbons (Fsp3) is 0.231. The van der Waals surface area contributed by atoms with Crippen molar-refractivity contribution in [1.29, 1.82) is 0 Å². The van der Waals surface area contributed by atoms with Gasteiger partial charge >= 0.3 is 0 Å². The number of hydrogen-bond acceptors (Lipinski definition) is 3. The molecule has 94 valence electrons. The molecule has 2 aromatic heterocycles. The molecular weight excluding hydrogens is 248 g/mol. The number of amides is 1. The van der Waals surface area contributed by atoms with Gasteiger partial charge in [0.05, 0.1) is 6.54 Å². The van der Waals surface area contributed by atoms with Crippen LogP contribution >= 0.6 is 11.3 Å². The van der Waals surface area contributed by atoms with Gasteiger partial charge < -0.3 is 9.88 Å². The van der Waals surface area contributed by atoms with Gasteiger partial charge in [-0.1, -0.05) is 12.1 Å². The molecule has 1 N–H and O–H groups in total. The second kappa shape index (κ2) is 6.16. The Kier molecular flexibility index (Phi) is 4.30. The Hall–Kier alpha value is -1.88. The van der Waals surface area contributed by atoms with E-state index in [9.17, 15) is 9.59 Å². The molecule has 0 atom stereocenters. The van der Waals surface area contributed by atoms with Crippen LogP contribution in [0.3, 0.4) is 0 Å². The van der Waals surface area contributed by atoms with E-state index in [1.54, 1.807) is 29.7 Å². The highest BCUT2D eigenvalue weighted by atomic mass is 32.1. The van der Waals surface area contributed by atoms with Gasteiger partial charge in [-0.2, -0.15) is 0 Å². The van der Waals surface area contributed by atoms with Gasteiger partial charge in [-0.25, -0.2) is 0 Å². The van der Waals surface area contributed by atoms with Crippen LogP contribution in [0, 0.1) is 0 Å². The van der Waals surface area contributed by atoms with Crippen LogP contribution in [0.5, 0.6) is 0 Å². The highest BCUT2D eigenvalue weighted by molar-refractivity contribution is 7.09. The highest BCUT2D eigenvalue weighted by Crippen LogP contribution is 2.07. The third-order valence-corrected chi connectivity index (χ3v) is 3.40. The van der Waals surface area contributed by atoms with Crippen molar-refractivity contribution in [3.8, 4) is 0 Å². The fourth-order valence-corrected chi connectivity index (χ4v) is 2.20. The summed E-state index contributed by atoms with van der Waals surface area (Å²) in [5, 5.41) is 4.81. The molecule has 2 rings (SSSR count). The number of nitrogens with zero attached hydrogens (tertiary/aromatic N) is 1.